The molecule has 0 saturated carbocycles. The summed E-state index contributed by atoms with van der Waals surface area (Å²) in [5.74, 6) is 0.452. The fourth-order valence-corrected chi connectivity index (χ4v) is 5.47. The summed E-state index contributed by atoms with van der Waals surface area (Å²) in [6.45, 7) is 5.15. The molecule has 1 atom stereocenters. The van der Waals surface area contributed by atoms with Crippen LogP contribution < -0.4 is 24.4 Å². The molecule has 0 spiro atoms. The van der Waals surface area contributed by atoms with Crippen LogP contribution in [0.1, 0.15) is 37.9 Å². The van der Waals surface area contributed by atoms with E-state index in [1.807, 2.05) is 24.3 Å². The number of hydrogen-bond donors (Lipinski definition) is 0. The van der Waals surface area contributed by atoms with Crippen LogP contribution in [0.3, 0.4) is 0 Å². The Morgan fingerprint density at radius 1 is 1.27 bits per heavy atom. The van der Waals surface area contributed by atoms with E-state index in [1.54, 1.807) is 51.1 Å². The van der Waals surface area contributed by atoms with Gasteiger partial charge in [0.15, 0.2) is 11.4 Å². The van der Waals surface area contributed by atoms with Crippen molar-refractivity contribution >= 4 is 39.3 Å². The van der Waals surface area contributed by atoms with E-state index in [-0.39, 0.29) is 23.8 Å². The molecular formula is C27H24BrN3O5S. The molecule has 0 unspecified atom stereocenters. The number of carbonyl (C=O) groups is 1. The summed E-state index contributed by atoms with van der Waals surface area (Å²) < 4.78 is 19.4. The van der Waals surface area contributed by atoms with Gasteiger partial charge < -0.3 is 14.2 Å². The van der Waals surface area contributed by atoms with Crippen molar-refractivity contribution in [3.05, 3.63) is 89.0 Å². The van der Waals surface area contributed by atoms with Gasteiger partial charge in [0.2, 0.25) is 0 Å². The number of hydrogen-bond acceptors (Lipinski definition) is 8. The van der Waals surface area contributed by atoms with Gasteiger partial charge in [0.25, 0.3) is 5.56 Å². The molecule has 0 saturated heterocycles. The van der Waals surface area contributed by atoms with Crippen molar-refractivity contribution in [2.24, 2.45) is 4.99 Å². The van der Waals surface area contributed by atoms with Gasteiger partial charge >= 0.3 is 5.97 Å². The number of rotatable bonds is 7. The zero-order valence-electron chi connectivity index (χ0n) is 20.6. The maximum Gasteiger partial charge on any atom is 0.338 e. The number of allylic oxidation sites excluding steroid dienone is 1. The molecule has 3 aromatic rings. The number of para-hydroxylation sites is 1. The Kier molecular flexibility index (Phi) is 7.95. The second-order valence-corrected chi connectivity index (χ2v) is 10.3. The van der Waals surface area contributed by atoms with Crippen LogP contribution in [0.2, 0.25) is 0 Å². The number of nitriles is 1. The van der Waals surface area contributed by atoms with Crippen LogP contribution in [-0.4, -0.2) is 30.4 Å². The Labute approximate surface area is 225 Å². The molecule has 8 nitrogen and oxygen atoms in total. The van der Waals surface area contributed by atoms with E-state index in [9.17, 15) is 9.59 Å². The zero-order valence-corrected chi connectivity index (χ0v) is 23.1. The van der Waals surface area contributed by atoms with Crippen LogP contribution in [0.5, 0.6) is 11.5 Å². The lowest BCUT2D eigenvalue weighted by Gasteiger charge is -2.26. The molecule has 0 fully saturated rings. The largest absolute Gasteiger partial charge is 0.496 e. The van der Waals surface area contributed by atoms with Crippen molar-refractivity contribution < 1.29 is 19.0 Å². The van der Waals surface area contributed by atoms with Gasteiger partial charge in [-0.3, -0.25) is 9.36 Å². The molecule has 4 rings (SSSR count). The highest BCUT2D eigenvalue weighted by Crippen LogP contribution is 2.37. The van der Waals surface area contributed by atoms with Crippen molar-refractivity contribution in [3.63, 3.8) is 0 Å². The normalized spacial score (nSPS) is 15.2. The van der Waals surface area contributed by atoms with Crippen molar-refractivity contribution in [2.45, 2.75) is 32.9 Å². The molecule has 0 N–H and O–H groups in total. The molecule has 2 aromatic carbocycles. The molecule has 1 aliphatic rings. The van der Waals surface area contributed by atoms with Crippen molar-refractivity contribution in [2.75, 3.05) is 13.7 Å². The van der Waals surface area contributed by atoms with Crippen LogP contribution in [0.4, 0.5) is 0 Å². The second kappa shape index (κ2) is 11.2. The average Bonchev–Trinajstić information content (AvgIpc) is 3.16. The molecule has 190 valence electrons. The number of carbonyl (C=O) groups excluding carboxylic acids is 1. The van der Waals surface area contributed by atoms with E-state index in [4.69, 9.17) is 19.5 Å². The van der Waals surface area contributed by atoms with Crippen molar-refractivity contribution in [3.8, 4) is 17.6 Å². The quantitative estimate of drug-likeness (QED) is 0.392. The molecule has 10 heteroatoms. The first-order valence-electron chi connectivity index (χ1n) is 11.4. The number of fused-ring (bicyclic) bond motifs is 1. The number of aromatic nitrogens is 1. The molecule has 2 heterocycles. The minimum Gasteiger partial charge on any atom is -0.496 e. The van der Waals surface area contributed by atoms with Gasteiger partial charge in [0, 0.05) is 15.6 Å². The molecule has 37 heavy (non-hydrogen) atoms. The highest BCUT2D eigenvalue weighted by Gasteiger charge is 2.35. The van der Waals surface area contributed by atoms with E-state index >= 15 is 0 Å². The molecule has 1 aliphatic heterocycles. The minimum absolute atomic E-state index is 0.116. The van der Waals surface area contributed by atoms with E-state index in [2.05, 4.69) is 20.9 Å². The summed E-state index contributed by atoms with van der Waals surface area (Å²) in [5, 5.41) is 8.91. The smallest absolute Gasteiger partial charge is 0.338 e. The van der Waals surface area contributed by atoms with Gasteiger partial charge in [-0.15, -0.1) is 0 Å². The van der Waals surface area contributed by atoms with Gasteiger partial charge in [-0.1, -0.05) is 45.5 Å². The van der Waals surface area contributed by atoms with Gasteiger partial charge in [-0.2, -0.15) is 5.26 Å². The summed E-state index contributed by atoms with van der Waals surface area (Å²) in [6, 6.07) is 13.7. The maximum absolute atomic E-state index is 13.9. The molecular weight excluding hydrogens is 558 g/mol. The van der Waals surface area contributed by atoms with E-state index in [0.717, 1.165) is 4.47 Å². The monoisotopic (exact) mass is 581 g/mol. The Bertz CT molecular complexity index is 1610. The predicted molar refractivity (Wildman–Crippen MR) is 143 cm³/mol. The number of methoxy groups -OCH3 is 1. The van der Waals surface area contributed by atoms with Crippen LogP contribution in [0, 0.1) is 11.3 Å². The maximum atomic E-state index is 13.9. The summed E-state index contributed by atoms with van der Waals surface area (Å²) in [4.78, 5) is 32.2. The third-order valence-corrected chi connectivity index (χ3v) is 7.04. The van der Waals surface area contributed by atoms with Crippen LogP contribution >= 0.6 is 27.3 Å². The first kappa shape index (κ1) is 26.4. The van der Waals surface area contributed by atoms with E-state index < -0.39 is 12.0 Å². The molecule has 0 bridgehead atoms. The Morgan fingerprint density at radius 2 is 2.03 bits per heavy atom. The third kappa shape index (κ3) is 5.38. The highest BCUT2D eigenvalue weighted by atomic mass is 79.9. The second-order valence-electron chi connectivity index (χ2n) is 8.41. The van der Waals surface area contributed by atoms with Crippen molar-refractivity contribution in [1.82, 2.24) is 4.57 Å². The Morgan fingerprint density at radius 3 is 2.73 bits per heavy atom. The van der Waals surface area contributed by atoms with Crippen molar-refractivity contribution in [1.29, 1.82) is 5.26 Å². The van der Waals surface area contributed by atoms with E-state index in [1.165, 1.54) is 23.0 Å². The lowest BCUT2D eigenvalue weighted by molar-refractivity contribution is -0.143. The van der Waals surface area contributed by atoms with Crippen LogP contribution in [-0.2, 0) is 9.53 Å². The zero-order chi connectivity index (χ0) is 26.7. The summed E-state index contributed by atoms with van der Waals surface area (Å²) >= 11 is 4.71. The summed E-state index contributed by atoms with van der Waals surface area (Å²) in [7, 11) is 1.54. The number of nitrogens with zero attached hydrogens (tertiary/aromatic N) is 3. The fourth-order valence-electron chi connectivity index (χ4n) is 4.06. The summed E-state index contributed by atoms with van der Waals surface area (Å²) in [6.07, 6.45) is 1.35. The van der Waals surface area contributed by atoms with Gasteiger partial charge in [0.1, 0.15) is 23.6 Å². The Hall–Kier alpha value is -3.68. The lowest BCUT2D eigenvalue weighted by atomic mass is 9.95. The average molecular weight is 582 g/mol. The number of thiazole rings is 1. The first-order chi connectivity index (χ1) is 17.7. The van der Waals surface area contributed by atoms with Gasteiger partial charge in [0.05, 0.1) is 29.0 Å². The topological polar surface area (TPSA) is 103 Å². The van der Waals surface area contributed by atoms with E-state index in [0.29, 0.717) is 37.7 Å². The summed E-state index contributed by atoms with van der Waals surface area (Å²) in [5.41, 5.74) is 1.67. The third-order valence-electron chi connectivity index (χ3n) is 5.57. The molecule has 0 amide bonds. The number of halogens is 1. The lowest BCUT2D eigenvalue weighted by Crippen LogP contribution is -2.40. The number of esters is 1. The highest BCUT2D eigenvalue weighted by molar-refractivity contribution is 9.10. The molecule has 0 aliphatic carbocycles. The van der Waals surface area contributed by atoms with Crippen LogP contribution in [0.25, 0.3) is 6.08 Å². The molecule has 1 aromatic heterocycles. The minimum atomic E-state index is -0.817. The Balaban J connectivity index is 1.98. The predicted octanol–water partition coefficient (Wildman–Crippen LogP) is 3.86. The molecule has 0 radical (unpaired) electrons. The SMILES string of the molecule is COc1ccc(Br)cc1[C@H]1C(C(=O)OC(C)C)=C(C)N=c2s/c(=C\c3ccccc3OCC#N)c(=O)n21. The number of benzene rings is 2. The van der Waals surface area contributed by atoms with Gasteiger partial charge in [-0.05, 0) is 51.1 Å². The standard InChI is InChI=1S/C27H24BrN3O5S/c1-15(2)36-26(33)23-16(3)30-27-31(24(23)19-14-18(28)9-10-21(19)34-4)25(32)22(37-27)13-17-7-5-6-8-20(17)35-12-11-29/h5-10,13-15,24H,12H2,1-4H3/b22-13-/t24-/m0/s1. The van der Waals surface area contributed by atoms with Gasteiger partial charge in [-0.25, -0.2) is 9.79 Å². The fraction of sp³-hybridized carbons (Fsp3) is 0.259. The number of ether oxygens (including phenoxy) is 3. The first-order valence-corrected chi connectivity index (χ1v) is 13.0. The van der Waals surface area contributed by atoms with Crippen LogP contribution in [0.15, 0.2) is 68.0 Å².